The van der Waals surface area contributed by atoms with Crippen molar-refractivity contribution in [3.05, 3.63) is 29.3 Å². The molecule has 0 atom stereocenters. The number of rotatable bonds is 2. The largest absolute Gasteiger partial charge is 0.354 e. The lowest BCUT2D eigenvalue weighted by Gasteiger charge is -2.34. The highest BCUT2D eigenvalue weighted by Gasteiger charge is 2.27. The van der Waals surface area contributed by atoms with Crippen molar-refractivity contribution >= 4 is 11.6 Å². The maximum Gasteiger partial charge on any atom is 0.134 e. The number of fused-ring (bicyclic) bond motifs is 1. The summed E-state index contributed by atoms with van der Waals surface area (Å²) in [6, 6.07) is 2.16. The predicted octanol–water partition coefficient (Wildman–Crippen LogP) is 2.05. The van der Waals surface area contributed by atoms with Crippen LogP contribution in [0, 0.1) is 6.92 Å². The molecule has 7 nitrogen and oxygen atoms in total. The Morgan fingerprint density at radius 3 is 2.26 bits per heavy atom. The molecule has 2 aliphatic rings. The molecule has 0 radical (unpaired) electrons. The fraction of sp³-hybridized carbons (Fsp3) is 0.650. The molecule has 0 bridgehead atoms. The molecule has 4 rings (SSSR count). The Morgan fingerprint density at radius 1 is 0.926 bits per heavy atom. The number of aromatic nitrogens is 4. The third kappa shape index (κ3) is 3.65. The second kappa shape index (κ2) is 6.78. The molecule has 146 valence electrons. The van der Waals surface area contributed by atoms with Crippen LogP contribution in [0.5, 0.6) is 0 Å². The SMILES string of the molecule is Cc1nc(N2CCN(C)CC2)cc(N2CCc3c(cnn3C(C)(C)C)C2)n1. The van der Waals surface area contributed by atoms with Crippen molar-refractivity contribution in [2.75, 3.05) is 49.6 Å². The van der Waals surface area contributed by atoms with E-state index >= 15 is 0 Å². The quantitative estimate of drug-likeness (QED) is 0.808. The molecule has 2 aliphatic heterocycles. The Labute approximate surface area is 162 Å². The average molecular weight is 370 g/mol. The molecule has 2 aromatic heterocycles. The first kappa shape index (κ1) is 18.2. The van der Waals surface area contributed by atoms with Gasteiger partial charge >= 0.3 is 0 Å². The van der Waals surface area contributed by atoms with Crippen molar-refractivity contribution in [1.29, 1.82) is 0 Å². The lowest BCUT2D eigenvalue weighted by atomic mass is 10.0. The van der Waals surface area contributed by atoms with Gasteiger partial charge in [-0.25, -0.2) is 9.97 Å². The summed E-state index contributed by atoms with van der Waals surface area (Å²) in [5, 5.41) is 4.66. The predicted molar refractivity (Wildman–Crippen MR) is 108 cm³/mol. The van der Waals surface area contributed by atoms with E-state index in [1.807, 2.05) is 13.1 Å². The van der Waals surface area contributed by atoms with Crippen LogP contribution >= 0.6 is 0 Å². The van der Waals surface area contributed by atoms with E-state index in [9.17, 15) is 0 Å². The fourth-order valence-electron chi connectivity index (χ4n) is 4.00. The van der Waals surface area contributed by atoms with E-state index < -0.39 is 0 Å². The number of hydrogen-bond donors (Lipinski definition) is 0. The van der Waals surface area contributed by atoms with Crippen LogP contribution in [0.3, 0.4) is 0 Å². The lowest BCUT2D eigenvalue weighted by molar-refractivity contribution is 0.312. The van der Waals surface area contributed by atoms with Gasteiger partial charge in [-0.3, -0.25) is 4.68 Å². The summed E-state index contributed by atoms with van der Waals surface area (Å²) in [7, 11) is 2.18. The van der Waals surface area contributed by atoms with Gasteiger partial charge in [-0.15, -0.1) is 0 Å². The number of nitrogens with zero attached hydrogens (tertiary/aromatic N) is 7. The van der Waals surface area contributed by atoms with E-state index in [1.54, 1.807) is 0 Å². The maximum atomic E-state index is 4.75. The highest BCUT2D eigenvalue weighted by Crippen LogP contribution is 2.28. The van der Waals surface area contributed by atoms with Crippen LogP contribution in [0.4, 0.5) is 11.6 Å². The number of aryl methyl sites for hydroxylation is 1. The Balaban J connectivity index is 1.57. The van der Waals surface area contributed by atoms with E-state index in [2.05, 4.69) is 58.4 Å². The molecule has 27 heavy (non-hydrogen) atoms. The number of piperazine rings is 1. The van der Waals surface area contributed by atoms with Gasteiger partial charge in [-0.05, 0) is 34.7 Å². The summed E-state index contributed by atoms with van der Waals surface area (Å²) < 4.78 is 2.18. The van der Waals surface area contributed by atoms with Crippen LogP contribution in [-0.2, 0) is 18.5 Å². The molecule has 0 saturated carbocycles. The zero-order valence-electron chi connectivity index (χ0n) is 17.2. The number of hydrogen-bond acceptors (Lipinski definition) is 6. The zero-order chi connectivity index (χ0) is 19.2. The molecule has 0 amide bonds. The summed E-state index contributed by atoms with van der Waals surface area (Å²) in [5.41, 5.74) is 2.70. The monoisotopic (exact) mass is 369 g/mol. The van der Waals surface area contributed by atoms with E-state index in [1.165, 1.54) is 11.3 Å². The molecule has 0 aromatic carbocycles. The van der Waals surface area contributed by atoms with E-state index in [4.69, 9.17) is 9.97 Å². The van der Waals surface area contributed by atoms with Gasteiger partial charge in [0, 0.05) is 63.0 Å². The van der Waals surface area contributed by atoms with Gasteiger partial charge in [0.2, 0.25) is 0 Å². The molecular formula is C20H31N7. The smallest absolute Gasteiger partial charge is 0.134 e. The van der Waals surface area contributed by atoms with Crippen molar-refractivity contribution in [2.24, 2.45) is 0 Å². The summed E-state index contributed by atoms with van der Waals surface area (Å²) in [5.74, 6) is 2.94. The van der Waals surface area contributed by atoms with Crippen molar-refractivity contribution in [2.45, 2.75) is 46.2 Å². The van der Waals surface area contributed by atoms with Gasteiger partial charge in [-0.1, -0.05) is 0 Å². The standard InChI is InChI=1S/C20H31N7/c1-15-22-18(25-10-8-24(5)9-11-25)12-19(23-15)26-7-6-17-16(14-26)13-21-27(17)20(2,3)4/h12-13H,6-11,14H2,1-5H3. The van der Waals surface area contributed by atoms with Crippen molar-refractivity contribution < 1.29 is 0 Å². The second-order valence-corrected chi connectivity index (χ2v) is 8.79. The molecule has 0 unspecified atom stereocenters. The topological polar surface area (TPSA) is 53.3 Å². The van der Waals surface area contributed by atoms with Crippen LogP contribution in [-0.4, -0.2) is 64.4 Å². The van der Waals surface area contributed by atoms with Crippen LogP contribution in [0.15, 0.2) is 12.3 Å². The van der Waals surface area contributed by atoms with Crippen LogP contribution in [0.2, 0.25) is 0 Å². The molecule has 1 fully saturated rings. The van der Waals surface area contributed by atoms with Crippen molar-refractivity contribution in [3.63, 3.8) is 0 Å². The minimum absolute atomic E-state index is 0.0237. The molecule has 2 aromatic rings. The molecule has 0 spiro atoms. The third-order valence-corrected chi connectivity index (χ3v) is 5.53. The molecular weight excluding hydrogens is 338 g/mol. The van der Waals surface area contributed by atoms with Gasteiger partial charge < -0.3 is 14.7 Å². The van der Waals surface area contributed by atoms with Crippen molar-refractivity contribution in [3.8, 4) is 0 Å². The van der Waals surface area contributed by atoms with Crippen LogP contribution in [0.25, 0.3) is 0 Å². The maximum absolute atomic E-state index is 4.75. The van der Waals surface area contributed by atoms with Crippen molar-refractivity contribution in [1.82, 2.24) is 24.6 Å². The first-order valence-electron chi connectivity index (χ1n) is 9.91. The Morgan fingerprint density at radius 2 is 1.59 bits per heavy atom. The first-order chi connectivity index (χ1) is 12.8. The minimum atomic E-state index is 0.0237. The van der Waals surface area contributed by atoms with Gasteiger partial charge in [-0.2, -0.15) is 5.10 Å². The first-order valence-corrected chi connectivity index (χ1v) is 9.91. The summed E-state index contributed by atoms with van der Waals surface area (Å²) in [6.45, 7) is 14.7. The van der Waals surface area contributed by atoms with Gasteiger partial charge in [0.25, 0.3) is 0 Å². The van der Waals surface area contributed by atoms with E-state index in [-0.39, 0.29) is 5.54 Å². The zero-order valence-corrected chi connectivity index (χ0v) is 17.2. The molecule has 4 heterocycles. The van der Waals surface area contributed by atoms with Gasteiger partial charge in [0.05, 0.1) is 11.7 Å². The second-order valence-electron chi connectivity index (χ2n) is 8.79. The van der Waals surface area contributed by atoms with Gasteiger partial charge in [0.1, 0.15) is 17.5 Å². The lowest BCUT2D eigenvalue weighted by Crippen LogP contribution is -2.45. The van der Waals surface area contributed by atoms with Crippen LogP contribution in [0.1, 0.15) is 37.9 Å². The normalized spacial score (nSPS) is 18.7. The average Bonchev–Trinajstić information content (AvgIpc) is 3.05. The third-order valence-electron chi connectivity index (χ3n) is 5.53. The highest BCUT2D eigenvalue weighted by molar-refractivity contribution is 5.52. The molecule has 0 aliphatic carbocycles. The Bertz CT molecular complexity index is 812. The molecule has 0 N–H and O–H groups in total. The minimum Gasteiger partial charge on any atom is -0.354 e. The van der Waals surface area contributed by atoms with E-state index in [0.717, 1.165) is 63.1 Å². The Hall–Kier alpha value is -2.15. The number of anilines is 2. The number of likely N-dealkylation sites (N-methyl/N-ethyl adjacent to an activating group) is 1. The highest BCUT2D eigenvalue weighted by atomic mass is 15.3. The molecule has 7 heteroatoms. The van der Waals surface area contributed by atoms with Gasteiger partial charge in [0.15, 0.2) is 0 Å². The van der Waals surface area contributed by atoms with E-state index in [0.29, 0.717) is 0 Å². The summed E-state index contributed by atoms with van der Waals surface area (Å²) in [4.78, 5) is 16.6. The summed E-state index contributed by atoms with van der Waals surface area (Å²) >= 11 is 0. The summed E-state index contributed by atoms with van der Waals surface area (Å²) in [6.07, 6.45) is 3.03. The Kier molecular flexibility index (Phi) is 4.58. The fourth-order valence-corrected chi connectivity index (χ4v) is 4.00. The molecule has 1 saturated heterocycles. The van der Waals surface area contributed by atoms with Crippen LogP contribution < -0.4 is 9.80 Å².